The quantitative estimate of drug-likeness (QED) is 0.293. The molecule has 2 atom stereocenters. The number of hydrogen-bond acceptors (Lipinski definition) is 6. The molecule has 1 unspecified atom stereocenters. The maximum Gasteiger partial charge on any atom is 0.573 e. The summed E-state index contributed by atoms with van der Waals surface area (Å²) in [7, 11) is 0. The van der Waals surface area contributed by atoms with E-state index in [2.05, 4.69) is 9.46 Å². The van der Waals surface area contributed by atoms with Crippen molar-refractivity contribution in [3.63, 3.8) is 0 Å². The topological polar surface area (TPSA) is 70.6 Å². The number of carbonyl (C=O) groups is 1. The summed E-state index contributed by atoms with van der Waals surface area (Å²) < 4.78 is 62.5. The maximum atomic E-state index is 12.9. The van der Waals surface area contributed by atoms with E-state index in [9.17, 15) is 22.5 Å². The number of esters is 1. The molecule has 1 aromatic heterocycles. The number of hydrogen-bond donors (Lipinski definition) is 1. The molecule has 0 aliphatic rings. The highest BCUT2D eigenvalue weighted by atomic mass is 32.2. The highest BCUT2D eigenvalue weighted by Gasteiger charge is 2.31. The standard InChI is InChI=1S/C23H22F3NO4S2/c1-3-30-22(28)14-19(27-33(29)18-9-7-15(2)8-10-18)21-12-11-20(32-21)16-5-4-6-17(13-16)31-23(24,25)26/h4-13,19,27H,3,14H2,1-2H3/t19?,33-/m1/s1. The Morgan fingerprint density at radius 3 is 2.55 bits per heavy atom. The number of carbonyl (C=O) groups excluding carboxylic acids is 1. The van der Waals surface area contributed by atoms with E-state index in [1.165, 1.54) is 29.5 Å². The van der Waals surface area contributed by atoms with E-state index in [1.807, 2.05) is 19.1 Å². The van der Waals surface area contributed by atoms with Crippen LogP contribution in [0.25, 0.3) is 10.4 Å². The van der Waals surface area contributed by atoms with Gasteiger partial charge in [0, 0.05) is 9.75 Å². The van der Waals surface area contributed by atoms with Crippen LogP contribution in [0.5, 0.6) is 5.75 Å². The summed E-state index contributed by atoms with van der Waals surface area (Å²) in [6, 6.07) is 15.7. The number of aryl methyl sites for hydroxylation is 1. The van der Waals surface area contributed by atoms with E-state index in [0.717, 1.165) is 5.56 Å². The van der Waals surface area contributed by atoms with Crippen LogP contribution < -0.4 is 9.46 Å². The van der Waals surface area contributed by atoms with Gasteiger partial charge in [-0.3, -0.25) is 4.79 Å². The van der Waals surface area contributed by atoms with Crippen LogP contribution in [0.1, 0.15) is 29.8 Å². The average molecular weight is 498 g/mol. The lowest BCUT2D eigenvalue weighted by Crippen LogP contribution is -2.30. The minimum atomic E-state index is -4.78. The van der Waals surface area contributed by atoms with Gasteiger partial charge in [0.1, 0.15) is 5.75 Å². The Hall–Kier alpha value is -2.53. The number of benzene rings is 2. The highest BCUT2D eigenvalue weighted by molar-refractivity contribution is 7.89. The molecule has 10 heteroatoms. The first-order valence-electron chi connectivity index (χ1n) is 10.0. The number of rotatable bonds is 9. The lowest BCUT2D eigenvalue weighted by atomic mass is 10.1. The van der Waals surface area contributed by atoms with Crippen molar-refractivity contribution in [3.8, 4) is 16.2 Å². The Kier molecular flexibility index (Phi) is 8.41. The summed E-state index contributed by atoms with van der Waals surface area (Å²) in [5.74, 6) is -0.775. The van der Waals surface area contributed by atoms with Crippen molar-refractivity contribution in [2.45, 2.75) is 37.6 Å². The smallest absolute Gasteiger partial charge is 0.573 e. The van der Waals surface area contributed by atoms with Crippen molar-refractivity contribution in [1.29, 1.82) is 0 Å². The van der Waals surface area contributed by atoms with Gasteiger partial charge in [-0.2, -0.15) is 0 Å². The summed E-state index contributed by atoms with van der Waals surface area (Å²) >= 11 is -0.310. The van der Waals surface area contributed by atoms with Gasteiger partial charge < -0.3 is 14.0 Å². The Morgan fingerprint density at radius 1 is 1.15 bits per heavy atom. The number of nitrogens with one attached hydrogen (secondary N) is 1. The van der Waals surface area contributed by atoms with E-state index in [-0.39, 0.29) is 18.8 Å². The van der Waals surface area contributed by atoms with Gasteiger partial charge in [-0.1, -0.05) is 29.8 Å². The average Bonchev–Trinajstić information content (AvgIpc) is 3.23. The number of ether oxygens (including phenoxy) is 2. The number of halogens is 3. The van der Waals surface area contributed by atoms with Crippen molar-refractivity contribution in [1.82, 2.24) is 4.72 Å². The Labute approximate surface area is 196 Å². The molecular formula is C23H22F3NO4S2. The Balaban J connectivity index is 1.83. The fraction of sp³-hybridized carbons (Fsp3) is 0.261. The van der Waals surface area contributed by atoms with Crippen LogP contribution in [0, 0.1) is 6.92 Å². The summed E-state index contributed by atoms with van der Waals surface area (Å²) in [4.78, 5) is 14.1. The third kappa shape index (κ3) is 7.50. The van der Waals surface area contributed by atoms with Crippen molar-refractivity contribution < 1.29 is 32.0 Å². The van der Waals surface area contributed by atoms with Crippen molar-refractivity contribution in [2.75, 3.05) is 6.61 Å². The largest absolute Gasteiger partial charge is 0.593 e. The molecule has 0 aliphatic carbocycles. The fourth-order valence-electron chi connectivity index (χ4n) is 2.99. The first-order valence-corrected chi connectivity index (χ1v) is 12.0. The minimum Gasteiger partial charge on any atom is -0.593 e. The predicted octanol–water partition coefficient (Wildman–Crippen LogP) is 5.93. The summed E-state index contributed by atoms with van der Waals surface area (Å²) in [6.45, 7) is 3.84. The first kappa shape index (κ1) is 25.1. The van der Waals surface area contributed by atoms with E-state index in [4.69, 9.17) is 4.74 Å². The molecule has 0 saturated heterocycles. The molecule has 0 aliphatic heterocycles. The van der Waals surface area contributed by atoms with Gasteiger partial charge in [0.15, 0.2) is 4.90 Å². The monoisotopic (exact) mass is 497 g/mol. The van der Waals surface area contributed by atoms with Gasteiger partial charge >= 0.3 is 12.3 Å². The molecule has 176 valence electrons. The third-order valence-corrected chi connectivity index (χ3v) is 6.93. The molecule has 3 rings (SSSR count). The van der Waals surface area contributed by atoms with Crippen LogP contribution in [0.2, 0.25) is 0 Å². The van der Waals surface area contributed by atoms with E-state index in [1.54, 1.807) is 37.3 Å². The van der Waals surface area contributed by atoms with Gasteiger partial charge in [0.2, 0.25) is 0 Å². The number of thiophene rings is 1. The van der Waals surface area contributed by atoms with Crippen LogP contribution in [0.15, 0.2) is 65.6 Å². The molecule has 0 bridgehead atoms. The van der Waals surface area contributed by atoms with Crippen LogP contribution in [0.3, 0.4) is 0 Å². The van der Waals surface area contributed by atoms with Gasteiger partial charge in [0.25, 0.3) is 0 Å². The van der Waals surface area contributed by atoms with Crippen molar-refractivity contribution in [3.05, 3.63) is 71.1 Å². The van der Waals surface area contributed by atoms with Crippen LogP contribution in [-0.2, 0) is 20.9 Å². The van der Waals surface area contributed by atoms with Gasteiger partial charge in [0.05, 0.1) is 30.4 Å². The van der Waals surface area contributed by atoms with Crippen LogP contribution in [0.4, 0.5) is 13.2 Å². The van der Waals surface area contributed by atoms with Crippen LogP contribution >= 0.6 is 11.3 Å². The Morgan fingerprint density at radius 2 is 1.88 bits per heavy atom. The van der Waals surface area contributed by atoms with Crippen molar-refractivity contribution in [2.24, 2.45) is 0 Å². The second kappa shape index (κ2) is 11.1. The molecule has 5 nitrogen and oxygen atoms in total. The molecule has 0 spiro atoms. The number of alkyl halides is 3. The third-order valence-electron chi connectivity index (χ3n) is 4.48. The molecular weight excluding hydrogens is 475 g/mol. The fourth-order valence-corrected chi connectivity index (χ4v) is 5.11. The van der Waals surface area contributed by atoms with E-state index < -0.39 is 29.7 Å². The van der Waals surface area contributed by atoms with Gasteiger partial charge in [-0.15, -0.1) is 29.2 Å². The summed E-state index contributed by atoms with van der Waals surface area (Å²) in [6.07, 6.45) is -4.84. The lowest BCUT2D eigenvalue weighted by molar-refractivity contribution is -0.274. The van der Waals surface area contributed by atoms with Crippen LogP contribution in [-0.4, -0.2) is 23.5 Å². The molecule has 2 aromatic carbocycles. The molecule has 0 amide bonds. The second-order valence-electron chi connectivity index (χ2n) is 7.04. The second-order valence-corrected chi connectivity index (χ2v) is 9.40. The van der Waals surface area contributed by atoms with Gasteiger partial charge in [-0.25, -0.2) is 0 Å². The molecule has 33 heavy (non-hydrogen) atoms. The predicted molar refractivity (Wildman–Crippen MR) is 121 cm³/mol. The first-order chi connectivity index (χ1) is 15.6. The zero-order valence-electron chi connectivity index (χ0n) is 17.8. The van der Waals surface area contributed by atoms with Crippen molar-refractivity contribution >= 4 is 28.7 Å². The van der Waals surface area contributed by atoms with E-state index in [0.29, 0.717) is 20.2 Å². The molecule has 0 fully saturated rings. The maximum absolute atomic E-state index is 12.9. The molecule has 1 N–H and O–H groups in total. The summed E-state index contributed by atoms with van der Waals surface area (Å²) in [5.41, 5.74) is 1.56. The zero-order valence-corrected chi connectivity index (χ0v) is 19.5. The normalized spacial score (nSPS) is 13.4. The van der Waals surface area contributed by atoms with E-state index >= 15 is 0 Å². The van der Waals surface area contributed by atoms with Gasteiger partial charge in [-0.05, 0) is 55.8 Å². The SMILES string of the molecule is CCOC(=O)CC(N[S@+]([O-])c1ccc(C)cc1)c1ccc(-c2cccc(OC(F)(F)F)c2)s1. The molecule has 1 heterocycles. The lowest BCUT2D eigenvalue weighted by Gasteiger charge is -2.18. The molecule has 0 saturated carbocycles. The minimum absolute atomic E-state index is 0.0530. The molecule has 3 aromatic rings. The summed E-state index contributed by atoms with van der Waals surface area (Å²) in [5, 5.41) is 0. The zero-order chi connectivity index (χ0) is 24.0. The molecule has 0 radical (unpaired) electrons. The highest BCUT2D eigenvalue weighted by Crippen LogP contribution is 2.35. The Bertz CT molecular complexity index is 1070.